The number of amides is 1. The van der Waals surface area contributed by atoms with Crippen LogP contribution in [0.3, 0.4) is 0 Å². The van der Waals surface area contributed by atoms with Crippen LogP contribution in [0.5, 0.6) is 0 Å². The number of nitrogens with one attached hydrogen (secondary N) is 1. The number of carbonyl (C=O) groups is 1. The number of H-pyrrole nitrogens is 1. The van der Waals surface area contributed by atoms with Crippen molar-refractivity contribution in [2.45, 2.75) is 20.4 Å². The smallest absolute Gasteiger partial charge is 0.254 e. The van der Waals surface area contributed by atoms with Crippen LogP contribution in [0.2, 0.25) is 0 Å². The maximum Gasteiger partial charge on any atom is 0.254 e. The third-order valence-electron chi connectivity index (χ3n) is 2.90. The van der Waals surface area contributed by atoms with Gasteiger partial charge in [0.2, 0.25) is 0 Å². The highest BCUT2D eigenvalue weighted by molar-refractivity contribution is 5.95. The van der Waals surface area contributed by atoms with E-state index in [2.05, 4.69) is 9.97 Å². The van der Waals surface area contributed by atoms with Gasteiger partial charge in [0.25, 0.3) is 5.91 Å². The number of carbonyl (C=O) groups excluding carboxylic acids is 1. The minimum absolute atomic E-state index is 0.0175. The van der Waals surface area contributed by atoms with E-state index in [1.165, 1.54) is 0 Å². The highest BCUT2D eigenvalue weighted by Crippen LogP contribution is 2.13. The lowest BCUT2D eigenvalue weighted by Crippen LogP contribution is -2.27. The van der Waals surface area contributed by atoms with Gasteiger partial charge in [-0.1, -0.05) is 17.7 Å². The number of aromatic nitrogens is 2. The van der Waals surface area contributed by atoms with E-state index in [0.29, 0.717) is 6.54 Å². The molecule has 2 rings (SSSR count). The summed E-state index contributed by atoms with van der Waals surface area (Å²) in [5.41, 5.74) is 2.92. The Balaban J connectivity index is 2.15. The SMILES string of the molecule is Cc1ccc(C(=O)N(C)Cc2ncc[nH]2)c(C)c1. The Morgan fingerprint density at radius 1 is 1.39 bits per heavy atom. The molecule has 2 aromatic rings. The molecule has 1 heterocycles. The molecule has 0 saturated heterocycles. The number of aromatic amines is 1. The molecule has 0 fully saturated rings. The van der Waals surface area contributed by atoms with Crippen LogP contribution >= 0.6 is 0 Å². The minimum Gasteiger partial charge on any atom is -0.347 e. The molecule has 4 heteroatoms. The monoisotopic (exact) mass is 243 g/mol. The fourth-order valence-electron chi connectivity index (χ4n) is 1.94. The van der Waals surface area contributed by atoms with Gasteiger partial charge >= 0.3 is 0 Å². The normalized spacial score (nSPS) is 10.4. The van der Waals surface area contributed by atoms with Crippen LogP contribution in [0.1, 0.15) is 27.3 Å². The maximum atomic E-state index is 12.3. The summed E-state index contributed by atoms with van der Waals surface area (Å²) >= 11 is 0. The summed E-state index contributed by atoms with van der Waals surface area (Å²) in [7, 11) is 1.78. The second kappa shape index (κ2) is 5.04. The fraction of sp³-hybridized carbons (Fsp3) is 0.286. The molecule has 18 heavy (non-hydrogen) atoms. The number of benzene rings is 1. The van der Waals surface area contributed by atoms with E-state index in [1.807, 2.05) is 32.0 Å². The summed E-state index contributed by atoms with van der Waals surface area (Å²) in [6, 6.07) is 5.86. The summed E-state index contributed by atoms with van der Waals surface area (Å²) < 4.78 is 0. The number of imidazole rings is 1. The first-order chi connectivity index (χ1) is 8.58. The summed E-state index contributed by atoms with van der Waals surface area (Å²) in [6.07, 6.45) is 3.44. The minimum atomic E-state index is 0.0175. The van der Waals surface area contributed by atoms with Crippen molar-refractivity contribution in [2.75, 3.05) is 7.05 Å². The molecule has 1 amide bonds. The lowest BCUT2D eigenvalue weighted by molar-refractivity contribution is 0.0781. The maximum absolute atomic E-state index is 12.3. The molecule has 1 N–H and O–H groups in total. The first-order valence-corrected chi connectivity index (χ1v) is 5.89. The van der Waals surface area contributed by atoms with Gasteiger partial charge in [0.05, 0.1) is 6.54 Å². The van der Waals surface area contributed by atoms with Crippen LogP contribution in [0, 0.1) is 13.8 Å². The number of aryl methyl sites for hydroxylation is 2. The predicted molar refractivity (Wildman–Crippen MR) is 70.3 cm³/mol. The van der Waals surface area contributed by atoms with E-state index >= 15 is 0 Å². The second-order valence-electron chi connectivity index (χ2n) is 4.52. The Bertz CT molecular complexity index is 546. The Morgan fingerprint density at radius 3 is 2.78 bits per heavy atom. The van der Waals surface area contributed by atoms with Crippen LogP contribution in [-0.4, -0.2) is 27.8 Å². The molecule has 1 aromatic carbocycles. The third-order valence-corrected chi connectivity index (χ3v) is 2.90. The van der Waals surface area contributed by atoms with Crippen molar-refractivity contribution in [3.05, 3.63) is 53.1 Å². The first-order valence-electron chi connectivity index (χ1n) is 5.89. The molecule has 0 aliphatic rings. The van der Waals surface area contributed by atoms with Crippen molar-refractivity contribution >= 4 is 5.91 Å². The number of rotatable bonds is 3. The lowest BCUT2D eigenvalue weighted by Gasteiger charge is -2.17. The largest absolute Gasteiger partial charge is 0.347 e. The number of nitrogens with zero attached hydrogens (tertiary/aromatic N) is 2. The van der Waals surface area contributed by atoms with E-state index in [1.54, 1.807) is 24.3 Å². The van der Waals surface area contributed by atoms with Crippen molar-refractivity contribution in [1.29, 1.82) is 0 Å². The molecule has 94 valence electrons. The van der Waals surface area contributed by atoms with E-state index in [-0.39, 0.29) is 5.91 Å². The average Bonchev–Trinajstić information content (AvgIpc) is 2.81. The molecule has 0 bridgehead atoms. The summed E-state index contributed by atoms with van der Waals surface area (Å²) in [4.78, 5) is 21.1. The van der Waals surface area contributed by atoms with Gasteiger partial charge in [0.1, 0.15) is 5.82 Å². The van der Waals surface area contributed by atoms with E-state index in [0.717, 1.165) is 22.5 Å². The highest BCUT2D eigenvalue weighted by Gasteiger charge is 2.14. The molecule has 0 atom stereocenters. The molecule has 0 spiro atoms. The van der Waals surface area contributed by atoms with Gasteiger partial charge in [-0.3, -0.25) is 4.79 Å². The van der Waals surface area contributed by atoms with Gasteiger partial charge in [-0.05, 0) is 25.5 Å². The van der Waals surface area contributed by atoms with Crippen LogP contribution in [0.15, 0.2) is 30.6 Å². The van der Waals surface area contributed by atoms with Crippen molar-refractivity contribution in [3.8, 4) is 0 Å². The quantitative estimate of drug-likeness (QED) is 0.899. The fourth-order valence-corrected chi connectivity index (χ4v) is 1.94. The van der Waals surface area contributed by atoms with Crippen LogP contribution in [0.4, 0.5) is 0 Å². The standard InChI is InChI=1S/C14H17N3O/c1-10-4-5-12(11(2)8-10)14(18)17(3)9-13-15-6-7-16-13/h4-8H,9H2,1-3H3,(H,15,16). The van der Waals surface area contributed by atoms with Crippen LogP contribution < -0.4 is 0 Å². The predicted octanol–water partition coefficient (Wildman–Crippen LogP) is 2.30. The average molecular weight is 243 g/mol. The summed E-state index contributed by atoms with van der Waals surface area (Å²) in [5, 5.41) is 0. The first kappa shape index (κ1) is 12.4. The van der Waals surface area contributed by atoms with Gasteiger partial charge in [-0.15, -0.1) is 0 Å². The molecule has 0 unspecified atom stereocenters. The molecular weight excluding hydrogens is 226 g/mol. The Labute approximate surface area is 107 Å². The Morgan fingerprint density at radius 2 is 2.17 bits per heavy atom. The van der Waals surface area contributed by atoms with Gasteiger partial charge < -0.3 is 9.88 Å². The van der Waals surface area contributed by atoms with Crippen molar-refractivity contribution < 1.29 is 4.79 Å². The highest BCUT2D eigenvalue weighted by atomic mass is 16.2. The third kappa shape index (κ3) is 2.59. The summed E-state index contributed by atoms with van der Waals surface area (Å²) in [5.74, 6) is 0.805. The van der Waals surface area contributed by atoms with Crippen molar-refractivity contribution in [1.82, 2.24) is 14.9 Å². The lowest BCUT2D eigenvalue weighted by atomic mass is 10.0. The molecule has 0 saturated carbocycles. The van der Waals surface area contributed by atoms with Gasteiger partial charge in [-0.25, -0.2) is 4.98 Å². The zero-order valence-corrected chi connectivity index (χ0v) is 10.9. The van der Waals surface area contributed by atoms with Gasteiger partial charge in [0, 0.05) is 25.0 Å². The molecule has 0 radical (unpaired) electrons. The molecule has 0 aliphatic heterocycles. The molecular formula is C14H17N3O. The summed E-state index contributed by atoms with van der Waals surface area (Å²) in [6.45, 7) is 4.47. The van der Waals surface area contributed by atoms with Crippen LogP contribution in [0.25, 0.3) is 0 Å². The van der Waals surface area contributed by atoms with E-state index in [4.69, 9.17) is 0 Å². The van der Waals surface area contributed by atoms with Crippen LogP contribution in [-0.2, 0) is 6.54 Å². The van der Waals surface area contributed by atoms with Gasteiger partial charge in [-0.2, -0.15) is 0 Å². The Hall–Kier alpha value is -2.10. The Kier molecular flexibility index (Phi) is 3.46. The van der Waals surface area contributed by atoms with E-state index in [9.17, 15) is 4.79 Å². The molecule has 1 aromatic heterocycles. The van der Waals surface area contributed by atoms with E-state index < -0.39 is 0 Å². The zero-order chi connectivity index (χ0) is 13.1. The van der Waals surface area contributed by atoms with Gasteiger partial charge in [0.15, 0.2) is 0 Å². The van der Waals surface area contributed by atoms with Crippen molar-refractivity contribution in [2.24, 2.45) is 0 Å². The second-order valence-corrected chi connectivity index (χ2v) is 4.52. The zero-order valence-electron chi connectivity index (χ0n) is 10.9. The molecule has 0 aliphatic carbocycles. The topological polar surface area (TPSA) is 49.0 Å². The van der Waals surface area contributed by atoms with Crippen molar-refractivity contribution in [3.63, 3.8) is 0 Å². The number of hydrogen-bond donors (Lipinski definition) is 1. The number of hydrogen-bond acceptors (Lipinski definition) is 2. The molecule has 4 nitrogen and oxygen atoms in total.